The van der Waals surface area contributed by atoms with Crippen LogP contribution in [0, 0.1) is 11.8 Å². The lowest BCUT2D eigenvalue weighted by atomic mass is 10.1. The molecule has 548 valence electrons. The summed E-state index contributed by atoms with van der Waals surface area (Å²) >= 11 is 5.57. The molecule has 8 aromatic rings. The van der Waals surface area contributed by atoms with Crippen LogP contribution in [0.5, 0.6) is 0 Å². The molecular weight excluding hydrogens is 1460 g/mol. The van der Waals surface area contributed by atoms with E-state index >= 15 is 0 Å². The smallest absolute Gasteiger partial charge is 0.455 e. The molecule has 0 bridgehead atoms. The number of aromatic amines is 2. The highest BCUT2D eigenvalue weighted by Crippen LogP contribution is 2.68. The molecule has 3 aliphatic rings. The van der Waals surface area contributed by atoms with Gasteiger partial charge in [-0.3, -0.25) is 66.8 Å². The number of carbonyl (C=O) groups excluding carboxylic acids is 4. The molecule has 2 aromatic carbocycles. The lowest BCUT2D eigenvalue weighted by molar-refractivity contribution is -0.669. The summed E-state index contributed by atoms with van der Waals surface area (Å²) in [6.07, 6.45) is -15.7. The molecular formula is C55H66N15O27P4S+. The predicted octanol–water partition coefficient (Wildman–Crippen LogP) is 1.64. The Bertz CT molecular complexity index is 4800. The van der Waals surface area contributed by atoms with Gasteiger partial charge in [-0.1, -0.05) is 64.1 Å². The number of imidazole rings is 3. The number of esters is 2. The fourth-order valence-corrected chi connectivity index (χ4v) is 15.8. The zero-order valence-corrected chi connectivity index (χ0v) is 58.4. The number of rotatable bonds is 28. The van der Waals surface area contributed by atoms with Crippen molar-refractivity contribution in [3.8, 4) is 0 Å². The van der Waals surface area contributed by atoms with E-state index in [1.54, 1.807) is 43.3 Å². The van der Waals surface area contributed by atoms with Gasteiger partial charge in [0.25, 0.3) is 28.5 Å². The summed E-state index contributed by atoms with van der Waals surface area (Å²) < 4.78 is 112. The van der Waals surface area contributed by atoms with E-state index in [-0.39, 0.29) is 68.9 Å². The first kappa shape index (κ1) is 75.2. The minimum atomic E-state index is -6.30. The summed E-state index contributed by atoms with van der Waals surface area (Å²) in [6, 6.07) is 15.9. The van der Waals surface area contributed by atoms with Gasteiger partial charge in [0.15, 0.2) is 52.8 Å². The third-order valence-electron chi connectivity index (χ3n) is 15.7. The number of benzene rings is 2. The van der Waals surface area contributed by atoms with Crippen molar-refractivity contribution in [1.82, 2.24) is 53.6 Å². The number of phosphoric acid groups is 3. The van der Waals surface area contributed by atoms with Crippen molar-refractivity contribution in [2.24, 2.45) is 11.8 Å². The number of ether oxygens (including phenoxy) is 6. The number of aryl methyl sites for hydroxylation is 1. The molecule has 11 rings (SSSR count). The van der Waals surface area contributed by atoms with Crippen LogP contribution in [0.2, 0.25) is 0 Å². The third-order valence-corrected chi connectivity index (χ3v) is 21.5. The fraction of sp³-hybridized carbons (Fsp3) is 0.436. The van der Waals surface area contributed by atoms with Crippen molar-refractivity contribution in [1.29, 1.82) is 0 Å². The van der Waals surface area contributed by atoms with E-state index in [0.29, 0.717) is 0 Å². The van der Waals surface area contributed by atoms with Crippen LogP contribution in [0.25, 0.3) is 33.5 Å². The number of phosphoric ester groups is 2. The number of carbonyl (C=O) groups is 4. The number of nitrogens with zero attached hydrogens (tertiary/aromatic N) is 10. The summed E-state index contributed by atoms with van der Waals surface area (Å²) in [4.78, 5) is 155. The van der Waals surface area contributed by atoms with Crippen LogP contribution in [-0.4, -0.2) is 189 Å². The number of H-pyrrole nitrogens is 2. The zero-order valence-electron chi connectivity index (χ0n) is 54.0. The molecule has 0 radical (unpaired) electrons. The number of methoxy groups -OCH3 is 1. The van der Waals surface area contributed by atoms with Gasteiger partial charge in [0.2, 0.25) is 24.5 Å². The van der Waals surface area contributed by atoms with Gasteiger partial charge in [-0.2, -0.15) is 23.2 Å². The summed E-state index contributed by atoms with van der Waals surface area (Å²) in [5, 5.41) is 27.1. The monoisotopic (exact) mass is 1520 g/mol. The second-order valence-corrected chi connectivity index (χ2v) is 30.8. The molecule has 0 saturated carbocycles. The van der Waals surface area contributed by atoms with E-state index in [1.807, 2.05) is 0 Å². The summed E-state index contributed by atoms with van der Waals surface area (Å²) in [5.74, 6) is -5.32. The minimum Gasteiger partial charge on any atom is -0.455 e. The van der Waals surface area contributed by atoms with E-state index in [1.165, 1.54) is 67.4 Å². The van der Waals surface area contributed by atoms with Gasteiger partial charge >= 0.3 is 47.7 Å². The van der Waals surface area contributed by atoms with Gasteiger partial charge in [-0.25, -0.2) is 38.2 Å². The van der Waals surface area contributed by atoms with Crippen LogP contribution in [0.4, 0.5) is 17.7 Å². The van der Waals surface area contributed by atoms with Gasteiger partial charge in [-0.15, -0.1) is 0 Å². The average molecular weight is 1530 g/mol. The van der Waals surface area contributed by atoms with Crippen LogP contribution >= 0.6 is 30.2 Å². The topological polar surface area (TPSA) is 563 Å². The Morgan fingerprint density at radius 1 is 0.637 bits per heavy atom. The Labute approximate surface area is 578 Å². The quantitative estimate of drug-likeness (QED) is 0.0189. The van der Waals surface area contributed by atoms with Crippen LogP contribution in [0.15, 0.2) is 95.6 Å². The van der Waals surface area contributed by atoms with E-state index in [2.05, 4.69) is 59.1 Å². The number of amides is 2. The Balaban J connectivity index is 0.837. The molecule has 47 heteroatoms. The van der Waals surface area contributed by atoms with E-state index in [4.69, 9.17) is 64.1 Å². The molecule has 2 amide bonds. The second-order valence-electron chi connectivity index (χ2n) is 23.3. The maximum absolute atomic E-state index is 13.7. The van der Waals surface area contributed by atoms with Crippen molar-refractivity contribution in [3.63, 3.8) is 0 Å². The lowest BCUT2D eigenvalue weighted by Crippen LogP contribution is -2.42. The minimum absolute atomic E-state index is 0.00211. The van der Waals surface area contributed by atoms with Crippen molar-refractivity contribution in [3.05, 3.63) is 118 Å². The molecule has 3 saturated heterocycles. The first-order valence-electron chi connectivity index (χ1n) is 30.5. The van der Waals surface area contributed by atoms with Crippen molar-refractivity contribution >= 4 is 117 Å². The van der Waals surface area contributed by atoms with Crippen LogP contribution < -0.4 is 32.1 Å². The largest absolute Gasteiger partial charge is 0.490 e. The number of hydrogen-bond acceptors (Lipinski definition) is 31. The molecule has 9 heterocycles. The molecule has 12 N–H and O–H groups in total. The number of aromatic nitrogens is 12. The molecule has 0 aliphatic carbocycles. The fourth-order valence-electron chi connectivity index (χ4n) is 10.9. The third kappa shape index (κ3) is 16.5. The number of nitrogens with two attached hydrogens (primary N) is 1. The molecule has 102 heavy (non-hydrogen) atoms. The Kier molecular flexibility index (Phi) is 22.4. The highest BCUT2D eigenvalue weighted by atomic mass is 32.5. The van der Waals surface area contributed by atoms with Crippen molar-refractivity contribution in [2.45, 2.75) is 115 Å². The number of fused-ring (bicyclic) bond motifs is 3. The molecule has 0 spiro atoms. The van der Waals surface area contributed by atoms with Crippen LogP contribution in [-0.2, 0) is 96.8 Å². The maximum Gasteiger partial charge on any atom is 0.490 e. The van der Waals surface area contributed by atoms with Crippen molar-refractivity contribution < 1.29 is 122 Å². The standard InChI is InChI=1S/C55H65N15O27P4S/c1-7-67-24-70(44-34(67)48(76)64-54(56)62-44)49-36(72)35(71)29(90-49)18-87-98(79,80)96-100(83,84)97-99(81,82)88-19-31-38(39(86-6)50(92-31)68-22-59-32-41(57-21-58-42(32)68)61-45(73)27-14-10-8-11-15-27)95-101(85,102)89-20-30-37(93-52(77)25(2)3)40(94-53(78)26(4)5)51(91-30)69-23-60-33-43(69)63-55(66-47(33)75)65-46(74)28-16-12-9-13-17-28/h8-17,21-26,29-31,35-40,49-51,71-72H,7,18-20H2,1-6H3,(H9-,56,57,58,61,62,63,64,65,66,73,74,75,76,79,80,81,82,83,84,85,102)/p+1/t29-,30-,31-,35-,36-,37-,38-,39-,40-,49-,50-,51-,101+/m1/s1. The van der Waals surface area contributed by atoms with Gasteiger partial charge in [-0.05, 0) is 43.0 Å². The zero-order chi connectivity index (χ0) is 73.5. The molecule has 42 nitrogen and oxygen atoms in total. The number of anilines is 3. The number of nitrogen functional groups attached to an aromatic ring is 1. The number of hydrogen-bond donors (Lipinski definition) is 11. The molecule has 3 aliphatic heterocycles. The van der Waals surface area contributed by atoms with Crippen LogP contribution in [0.3, 0.4) is 0 Å². The van der Waals surface area contributed by atoms with Gasteiger partial charge < -0.3 is 73.8 Å². The highest BCUT2D eigenvalue weighted by Gasteiger charge is 2.55. The van der Waals surface area contributed by atoms with E-state index in [0.717, 1.165) is 35.2 Å². The lowest BCUT2D eigenvalue weighted by Gasteiger charge is -2.28. The van der Waals surface area contributed by atoms with E-state index < -0.39 is 170 Å². The van der Waals surface area contributed by atoms with E-state index in [9.17, 15) is 72.2 Å². The average Bonchev–Trinajstić information content (AvgIpc) is 1.61. The number of aliphatic hydroxyl groups is 2. The first-order valence-corrected chi connectivity index (χ1v) is 37.6. The summed E-state index contributed by atoms with van der Waals surface area (Å²) in [6.45, 7) is -0.360. The molecule has 3 fully saturated rings. The SMILES string of the molecule is CC[n+]1cn([C@@H]2O[C@H](COP(=O)(O)OP(=O)(O)OP(=O)(O)OC[C@H]3O[C@@H](n4cnc5c(NC(=O)c6ccccc6)ncnc54)[C@H](OC)[C@@H]3O[P@@](O)(=S)OC[C@H]3O[C@@H](n4cnc5c(=O)[nH]c(NC(=O)c6ccccc6)nc54)[C@H](OC(=O)C(C)C)[C@@H]3OC(=O)C(C)C)[C@@H](O)[C@H]2O)c2nc(N)[nH]c(=O)c21. The Morgan fingerprint density at radius 3 is 1.77 bits per heavy atom. The van der Waals surface area contributed by atoms with Gasteiger partial charge in [0, 0.05) is 18.2 Å². The molecule has 3 unspecified atom stereocenters. The normalized spacial score (nSPS) is 25.3. The Hall–Kier alpha value is -7.93. The van der Waals surface area contributed by atoms with Gasteiger partial charge in [0.1, 0.15) is 49.1 Å². The first-order chi connectivity index (χ1) is 48.2. The summed E-state index contributed by atoms with van der Waals surface area (Å²) in [5.41, 5.74) is 4.00. The van der Waals surface area contributed by atoms with Crippen molar-refractivity contribution in [2.75, 3.05) is 43.3 Å². The van der Waals surface area contributed by atoms with Gasteiger partial charge in [0.05, 0.1) is 50.9 Å². The predicted molar refractivity (Wildman–Crippen MR) is 348 cm³/mol. The van der Waals surface area contributed by atoms with Crippen LogP contribution in [0.1, 0.15) is 74.0 Å². The Morgan fingerprint density at radius 2 is 1.18 bits per heavy atom. The maximum atomic E-state index is 13.7. The highest BCUT2D eigenvalue weighted by molar-refractivity contribution is 8.07. The number of aliphatic hydroxyl groups excluding tert-OH is 2. The number of nitrogens with one attached hydrogen (secondary N) is 4. The second kappa shape index (κ2) is 30.4. The molecule has 16 atom stereocenters. The molecule has 6 aromatic heterocycles. The summed E-state index contributed by atoms with van der Waals surface area (Å²) in [7, 11) is -17.2.